The molecule has 1 saturated heterocycles. The van der Waals surface area contributed by atoms with Crippen LogP contribution in [0.3, 0.4) is 0 Å². The van der Waals surface area contributed by atoms with Crippen LogP contribution in [-0.2, 0) is 9.47 Å². The summed E-state index contributed by atoms with van der Waals surface area (Å²) >= 11 is 0. The third-order valence-electron chi connectivity index (χ3n) is 4.85. The van der Waals surface area contributed by atoms with E-state index < -0.39 is 0 Å². The Kier molecular flexibility index (Phi) is 7.12. The summed E-state index contributed by atoms with van der Waals surface area (Å²) in [5.41, 5.74) is 0.669. The normalized spacial score (nSPS) is 20.7. The Hall–Kier alpha value is -1.59. The second kappa shape index (κ2) is 9.78. The molecule has 0 radical (unpaired) electrons. The van der Waals surface area contributed by atoms with Crippen LogP contribution in [0.25, 0.3) is 0 Å². The highest BCUT2D eigenvalue weighted by atomic mass is 16.5. The summed E-state index contributed by atoms with van der Waals surface area (Å²) in [5, 5.41) is 2.94. The number of benzene rings is 1. The number of hydrogen-bond donors (Lipinski definition) is 1. The van der Waals surface area contributed by atoms with E-state index in [0.717, 1.165) is 51.3 Å². The van der Waals surface area contributed by atoms with Gasteiger partial charge in [-0.25, -0.2) is 0 Å². The van der Waals surface area contributed by atoms with E-state index in [9.17, 15) is 4.79 Å². The number of carbonyl (C=O) groups is 1. The van der Waals surface area contributed by atoms with Gasteiger partial charge in [-0.1, -0.05) is 0 Å². The number of amides is 1. The topological polar surface area (TPSA) is 56.8 Å². The van der Waals surface area contributed by atoms with Gasteiger partial charge in [-0.3, -0.25) is 4.79 Å². The summed E-state index contributed by atoms with van der Waals surface area (Å²) in [7, 11) is 0. The van der Waals surface area contributed by atoms with E-state index in [2.05, 4.69) is 5.32 Å². The summed E-state index contributed by atoms with van der Waals surface area (Å²) in [6.45, 7) is 3.73. The third kappa shape index (κ3) is 6.01. The van der Waals surface area contributed by atoms with Crippen LogP contribution in [-0.4, -0.2) is 45.0 Å². The average molecular weight is 347 g/mol. The van der Waals surface area contributed by atoms with Crippen LogP contribution in [0.5, 0.6) is 5.75 Å². The molecule has 1 unspecified atom stereocenters. The van der Waals surface area contributed by atoms with Crippen molar-refractivity contribution in [2.45, 2.75) is 44.6 Å². The summed E-state index contributed by atoms with van der Waals surface area (Å²) in [4.78, 5) is 12.1. The van der Waals surface area contributed by atoms with Gasteiger partial charge in [0.15, 0.2) is 0 Å². The van der Waals surface area contributed by atoms with Crippen molar-refractivity contribution in [1.29, 1.82) is 0 Å². The van der Waals surface area contributed by atoms with Gasteiger partial charge >= 0.3 is 0 Å². The molecule has 1 N–H and O–H groups in total. The van der Waals surface area contributed by atoms with Crippen molar-refractivity contribution in [2.24, 2.45) is 5.92 Å². The molecule has 0 aromatic heterocycles. The molecule has 1 heterocycles. The highest BCUT2D eigenvalue weighted by Crippen LogP contribution is 2.24. The van der Waals surface area contributed by atoms with Crippen molar-refractivity contribution in [3.05, 3.63) is 29.8 Å². The van der Waals surface area contributed by atoms with E-state index in [0.29, 0.717) is 30.7 Å². The van der Waals surface area contributed by atoms with E-state index in [1.165, 1.54) is 12.8 Å². The van der Waals surface area contributed by atoms with E-state index >= 15 is 0 Å². The van der Waals surface area contributed by atoms with E-state index in [4.69, 9.17) is 14.2 Å². The lowest BCUT2D eigenvalue weighted by Crippen LogP contribution is -2.25. The molecule has 1 atom stereocenters. The predicted molar refractivity (Wildman–Crippen MR) is 96.0 cm³/mol. The van der Waals surface area contributed by atoms with Crippen molar-refractivity contribution in [3.63, 3.8) is 0 Å². The molecule has 3 rings (SSSR count). The van der Waals surface area contributed by atoms with Crippen LogP contribution in [0.2, 0.25) is 0 Å². The highest BCUT2D eigenvalue weighted by molar-refractivity contribution is 5.94. The fourth-order valence-corrected chi connectivity index (χ4v) is 3.33. The molecule has 0 spiro atoms. The number of hydrogen-bond acceptors (Lipinski definition) is 4. The lowest BCUT2D eigenvalue weighted by atomic mass is 10.1. The maximum atomic E-state index is 12.1. The molecule has 2 fully saturated rings. The molecule has 138 valence electrons. The molecule has 1 aliphatic heterocycles. The minimum absolute atomic E-state index is 0.0448. The van der Waals surface area contributed by atoms with Crippen molar-refractivity contribution < 1.29 is 19.0 Å². The Labute approximate surface area is 150 Å². The van der Waals surface area contributed by atoms with Crippen LogP contribution >= 0.6 is 0 Å². The van der Waals surface area contributed by atoms with Crippen LogP contribution in [0.15, 0.2) is 24.3 Å². The zero-order chi connectivity index (χ0) is 17.3. The van der Waals surface area contributed by atoms with Crippen molar-refractivity contribution >= 4 is 5.91 Å². The summed E-state index contributed by atoms with van der Waals surface area (Å²) in [6.07, 6.45) is 7.04. The second-order valence-corrected chi connectivity index (χ2v) is 6.96. The molecule has 2 aliphatic rings. The van der Waals surface area contributed by atoms with Gasteiger partial charge in [-0.05, 0) is 62.8 Å². The predicted octanol–water partition coefficient (Wildman–Crippen LogP) is 3.18. The molecule has 1 amide bonds. The first-order chi connectivity index (χ1) is 12.3. The Balaban J connectivity index is 1.29. The number of nitrogens with one attached hydrogen (secondary N) is 1. The Bertz CT molecular complexity index is 519. The summed E-state index contributed by atoms with van der Waals surface area (Å²) < 4.78 is 16.9. The third-order valence-corrected chi connectivity index (χ3v) is 4.85. The van der Waals surface area contributed by atoms with Gasteiger partial charge in [0.2, 0.25) is 0 Å². The van der Waals surface area contributed by atoms with E-state index in [1.807, 2.05) is 24.3 Å². The van der Waals surface area contributed by atoms with Crippen molar-refractivity contribution in [1.82, 2.24) is 5.32 Å². The van der Waals surface area contributed by atoms with Crippen LogP contribution < -0.4 is 10.1 Å². The van der Waals surface area contributed by atoms with Crippen LogP contribution in [0.1, 0.15) is 48.9 Å². The molecule has 1 saturated carbocycles. The van der Waals surface area contributed by atoms with E-state index in [1.54, 1.807) is 0 Å². The number of carbonyl (C=O) groups excluding carboxylic acids is 1. The maximum Gasteiger partial charge on any atom is 0.251 e. The fourth-order valence-electron chi connectivity index (χ4n) is 3.33. The largest absolute Gasteiger partial charge is 0.490 e. The zero-order valence-electron chi connectivity index (χ0n) is 14.9. The first-order valence-electron chi connectivity index (χ1n) is 9.51. The second-order valence-electron chi connectivity index (χ2n) is 6.96. The number of ether oxygens (including phenoxy) is 3. The molecular formula is C20H29NO4. The van der Waals surface area contributed by atoms with Gasteiger partial charge in [-0.2, -0.15) is 0 Å². The van der Waals surface area contributed by atoms with Gasteiger partial charge in [0.1, 0.15) is 5.75 Å². The van der Waals surface area contributed by atoms with Gasteiger partial charge in [0.25, 0.3) is 5.91 Å². The van der Waals surface area contributed by atoms with Gasteiger partial charge in [0, 0.05) is 31.2 Å². The smallest absolute Gasteiger partial charge is 0.251 e. The summed E-state index contributed by atoms with van der Waals surface area (Å²) in [6, 6.07) is 7.44. The first kappa shape index (κ1) is 18.2. The van der Waals surface area contributed by atoms with Crippen LogP contribution in [0, 0.1) is 5.92 Å². The summed E-state index contributed by atoms with van der Waals surface area (Å²) in [5.74, 6) is 1.35. The van der Waals surface area contributed by atoms with E-state index in [-0.39, 0.29) is 5.91 Å². The fraction of sp³-hybridized carbons (Fsp3) is 0.650. The highest BCUT2D eigenvalue weighted by Gasteiger charge is 2.17. The molecule has 1 aromatic carbocycles. The molecular weight excluding hydrogens is 318 g/mol. The molecule has 5 heteroatoms. The Morgan fingerprint density at radius 1 is 1.16 bits per heavy atom. The lowest BCUT2D eigenvalue weighted by molar-refractivity contribution is 0.0853. The van der Waals surface area contributed by atoms with Crippen molar-refractivity contribution in [3.8, 4) is 5.75 Å². The SMILES string of the molecule is O=C(NCCCOCC1CCOC1)c1ccc(OC2CCCC2)cc1. The number of rotatable bonds is 9. The van der Waals surface area contributed by atoms with Gasteiger partial charge in [0.05, 0.1) is 19.3 Å². The molecule has 0 bridgehead atoms. The minimum Gasteiger partial charge on any atom is -0.490 e. The molecule has 1 aliphatic carbocycles. The Morgan fingerprint density at radius 2 is 1.96 bits per heavy atom. The Morgan fingerprint density at radius 3 is 2.68 bits per heavy atom. The monoisotopic (exact) mass is 347 g/mol. The first-order valence-corrected chi connectivity index (χ1v) is 9.51. The van der Waals surface area contributed by atoms with Gasteiger partial charge in [-0.15, -0.1) is 0 Å². The molecule has 25 heavy (non-hydrogen) atoms. The van der Waals surface area contributed by atoms with Crippen LogP contribution in [0.4, 0.5) is 0 Å². The standard InChI is InChI=1S/C20H29NO4/c22-20(21-11-3-12-23-14-16-10-13-24-15-16)17-6-8-19(9-7-17)25-18-4-1-2-5-18/h6-9,16,18H,1-5,10-15H2,(H,21,22). The molecule has 5 nitrogen and oxygen atoms in total. The quantitative estimate of drug-likeness (QED) is 0.697. The van der Waals surface area contributed by atoms with Gasteiger partial charge < -0.3 is 19.5 Å². The van der Waals surface area contributed by atoms with Crippen molar-refractivity contribution in [2.75, 3.05) is 33.0 Å². The molecule has 1 aromatic rings. The maximum absolute atomic E-state index is 12.1. The lowest BCUT2D eigenvalue weighted by Gasteiger charge is -2.13. The average Bonchev–Trinajstić information content (AvgIpc) is 3.32. The zero-order valence-corrected chi connectivity index (χ0v) is 14.9. The minimum atomic E-state index is -0.0448.